The van der Waals surface area contributed by atoms with Crippen LogP contribution in [0.2, 0.25) is 0 Å². The van der Waals surface area contributed by atoms with Crippen molar-refractivity contribution < 1.29 is 0 Å². The largest absolute Gasteiger partial charge is 0.328 e. The molecule has 0 fully saturated rings. The van der Waals surface area contributed by atoms with Crippen LogP contribution in [0.3, 0.4) is 0 Å². The van der Waals surface area contributed by atoms with Gasteiger partial charge < -0.3 is 11.5 Å². The van der Waals surface area contributed by atoms with Gasteiger partial charge in [-0.3, -0.25) is 0 Å². The molecule has 98 valence electrons. The molecule has 2 heteroatoms. The highest BCUT2D eigenvalue weighted by molar-refractivity contribution is 4.64. The van der Waals surface area contributed by atoms with Crippen LogP contribution in [0.25, 0.3) is 0 Å². The lowest BCUT2D eigenvalue weighted by Gasteiger charge is -2.12. The van der Waals surface area contributed by atoms with Crippen LogP contribution in [0.1, 0.15) is 78.1 Å². The fourth-order valence-corrected chi connectivity index (χ4v) is 1.99. The normalized spacial score (nSPS) is 15.0. The van der Waals surface area contributed by atoms with Crippen LogP contribution in [0.4, 0.5) is 0 Å². The molecule has 2 atom stereocenters. The molecule has 0 aromatic rings. The summed E-state index contributed by atoms with van der Waals surface area (Å²) in [5.74, 6) is 0. The Hall–Kier alpha value is -0.0800. The van der Waals surface area contributed by atoms with Gasteiger partial charge in [0.1, 0.15) is 0 Å². The van der Waals surface area contributed by atoms with Crippen LogP contribution in [0.5, 0.6) is 0 Å². The summed E-state index contributed by atoms with van der Waals surface area (Å²) in [6, 6.07) is 0.829. The van der Waals surface area contributed by atoms with Crippen LogP contribution in [0, 0.1) is 0 Å². The average molecular weight is 228 g/mol. The molecule has 0 aliphatic carbocycles. The van der Waals surface area contributed by atoms with Crippen molar-refractivity contribution in [3.8, 4) is 0 Å². The molecule has 0 saturated carbocycles. The van der Waals surface area contributed by atoms with E-state index in [0.717, 1.165) is 6.42 Å². The summed E-state index contributed by atoms with van der Waals surface area (Å²) in [7, 11) is 0. The number of hydrogen-bond acceptors (Lipinski definition) is 2. The summed E-state index contributed by atoms with van der Waals surface area (Å²) >= 11 is 0. The van der Waals surface area contributed by atoms with Crippen LogP contribution >= 0.6 is 0 Å². The van der Waals surface area contributed by atoms with E-state index in [0.29, 0.717) is 12.1 Å². The minimum Gasteiger partial charge on any atom is -0.328 e. The summed E-state index contributed by atoms with van der Waals surface area (Å²) in [4.78, 5) is 0. The van der Waals surface area contributed by atoms with E-state index in [1.165, 1.54) is 57.8 Å². The zero-order valence-corrected chi connectivity index (χ0v) is 11.4. The monoisotopic (exact) mass is 228 g/mol. The van der Waals surface area contributed by atoms with Crippen molar-refractivity contribution in [3.05, 3.63) is 0 Å². The number of rotatable bonds is 11. The third kappa shape index (κ3) is 10.4. The summed E-state index contributed by atoms with van der Waals surface area (Å²) in [6.45, 7) is 4.40. The maximum atomic E-state index is 6.07. The minimum absolute atomic E-state index is 0.403. The van der Waals surface area contributed by atoms with Crippen LogP contribution in [-0.2, 0) is 0 Å². The first-order chi connectivity index (χ1) is 7.70. The van der Waals surface area contributed by atoms with Crippen molar-refractivity contribution in [2.75, 3.05) is 0 Å². The van der Waals surface area contributed by atoms with Gasteiger partial charge in [0.2, 0.25) is 0 Å². The molecular formula is C14H32N2. The molecule has 0 spiro atoms. The molecule has 0 saturated heterocycles. The van der Waals surface area contributed by atoms with E-state index in [1.54, 1.807) is 0 Å². The maximum absolute atomic E-state index is 6.07. The van der Waals surface area contributed by atoms with Gasteiger partial charge in [-0.1, -0.05) is 52.4 Å². The second kappa shape index (κ2) is 11.4. The van der Waals surface area contributed by atoms with Crippen LogP contribution < -0.4 is 11.5 Å². The highest BCUT2D eigenvalue weighted by atomic mass is 14.6. The van der Waals surface area contributed by atoms with Gasteiger partial charge in [-0.15, -0.1) is 0 Å². The molecule has 0 radical (unpaired) electrons. The third-order valence-electron chi connectivity index (χ3n) is 3.35. The zero-order chi connectivity index (χ0) is 12.2. The predicted molar refractivity (Wildman–Crippen MR) is 73.5 cm³/mol. The second-order valence-corrected chi connectivity index (χ2v) is 5.06. The molecule has 2 nitrogen and oxygen atoms in total. The smallest absolute Gasteiger partial charge is 0.00388 e. The van der Waals surface area contributed by atoms with Gasteiger partial charge in [-0.05, 0) is 25.7 Å². The van der Waals surface area contributed by atoms with Gasteiger partial charge in [0, 0.05) is 12.1 Å². The fourth-order valence-electron chi connectivity index (χ4n) is 1.99. The van der Waals surface area contributed by atoms with Gasteiger partial charge in [0.15, 0.2) is 0 Å². The summed E-state index contributed by atoms with van der Waals surface area (Å²) < 4.78 is 0. The Labute approximate surface area is 102 Å². The van der Waals surface area contributed by atoms with Gasteiger partial charge >= 0.3 is 0 Å². The van der Waals surface area contributed by atoms with Crippen molar-refractivity contribution >= 4 is 0 Å². The molecule has 0 rings (SSSR count). The number of nitrogens with two attached hydrogens (primary N) is 2. The standard InChI is InChI=1S/C14H32N2/c1-3-5-6-7-11-14(16)12-9-8-10-13(15)4-2/h13-14H,3-12,15-16H2,1-2H3. The van der Waals surface area contributed by atoms with E-state index in [9.17, 15) is 0 Å². The molecule has 0 aliphatic heterocycles. The van der Waals surface area contributed by atoms with Gasteiger partial charge in [-0.2, -0.15) is 0 Å². The molecule has 0 heterocycles. The topological polar surface area (TPSA) is 52.0 Å². The molecule has 0 bridgehead atoms. The summed E-state index contributed by atoms with van der Waals surface area (Å²) in [6.07, 6.45) is 12.5. The molecule has 2 unspecified atom stereocenters. The molecule has 0 aromatic heterocycles. The average Bonchev–Trinajstić information content (AvgIpc) is 2.30. The molecule has 16 heavy (non-hydrogen) atoms. The first kappa shape index (κ1) is 15.9. The van der Waals surface area contributed by atoms with E-state index in [4.69, 9.17) is 11.5 Å². The SMILES string of the molecule is CCCCCCC(N)CCCCC(N)CC. The maximum Gasteiger partial charge on any atom is 0.00388 e. The van der Waals surface area contributed by atoms with Crippen molar-refractivity contribution in [2.45, 2.75) is 90.1 Å². The Morgan fingerprint density at radius 3 is 1.69 bits per heavy atom. The van der Waals surface area contributed by atoms with Crippen molar-refractivity contribution in [2.24, 2.45) is 11.5 Å². The van der Waals surface area contributed by atoms with Gasteiger partial charge in [0.25, 0.3) is 0 Å². The van der Waals surface area contributed by atoms with E-state index >= 15 is 0 Å². The Kier molecular flexibility index (Phi) is 11.3. The van der Waals surface area contributed by atoms with Crippen molar-refractivity contribution in [3.63, 3.8) is 0 Å². The van der Waals surface area contributed by atoms with E-state index in [1.807, 2.05) is 0 Å². The van der Waals surface area contributed by atoms with E-state index < -0.39 is 0 Å². The fraction of sp³-hybridized carbons (Fsp3) is 1.00. The minimum atomic E-state index is 0.403. The van der Waals surface area contributed by atoms with Gasteiger partial charge in [-0.25, -0.2) is 0 Å². The highest BCUT2D eigenvalue weighted by Gasteiger charge is 2.03. The Bertz CT molecular complexity index is 137. The van der Waals surface area contributed by atoms with Crippen molar-refractivity contribution in [1.82, 2.24) is 0 Å². The van der Waals surface area contributed by atoms with E-state index in [2.05, 4.69) is 13.8 Å². The quantitative estimate of drug-likeness (QED) is 0.531. The molecule has 4 N–H and O–H groups in total. The first-order valence-electron chi connectivity index (χ1n) is 7.21. The number of hydrogen-bond donors (Lipinski definition) is 2. The Balaban J connectivity index is 3.20. The lowest BCUT2D eigenvalue weighted by Crippen LogP contribution is -2.21. The predicted octanol–water partition coefficient (Wildman–Crippen LogP) is 3.58. The summed E-state index contributed by atoms with van der Waals surface area (Å²) in [5, 5.41) is 0. The van der Waals surface area contributed by atoms with Gasteiger partial charge in [0.05, 0.1) is 0 Å². The Morgan fingerprint density at radius 2 is 1.19 bits per heavy atom. The highest BCUT2D eigenvalue weighted by Crippen LogP contribution is 2.11. The van der Waals surface area contributed by atoms with E-state index in [-0.39, 0.29) is 0 Å². The third-order valence-corrected chi connectivity index (χ3v) is 3.35. The molecule has 0 aromatic carbocycles. The first-order valence-corrected chi connectivity index (χ1v) is 7.21. The zero-order valence-electron chi connectivity index (χ0n) is 11.4. The van der Waals surface area contributed by atoms with Crippen molar-refractivity contribution in [1.29, 1.82) is 0 Å². The summed E-state index contributed by atoms with van der Waals surface area (Å²) in [5.41, 5.74) is 11.9. The lowest BCUT2D eigenvalue weighted by atomic mass is 10.0. The second-order valence-electron chi connectivity index (χ2n) is 5.06. The molecule has 0 aliphatic rings. The molecular weight excluding hydrogens is 196 g/mol. The lowest BCUT2D eigenvalue weighted by molar-refractivity contribution is 0.476. The van der Waals surface area contributed by atoms with Crippen LogP contribution in [0.15, 0.2) is 0 Å². The Morgan fingerprint density at radius 1 is 0.688 bits per heavy atom. The van der Waals surface area contributed by atoms with Crippen LogP contribution in [-0.4, -0.2) is 12.1 Å². The molecule has 0 amide bonds. The number of unbranched alkanes of at least 4 members (excludes halogenated alkanes) is 4.